The highest BCUT2D eigenvalue weighted by atomic mass is 19.1. The van der Waals surface area contributed by atoms with E-state index in [1.54, 1.807) is 0 Å². The molecule has 1 N–H and O–H groups in total. The molecule has 1 aliphatic carbocycles. The van der Waals surface area contributed by atoms with Crippen molar-refractivity contribution in [3.8, 4) is 0 Å². The SMILES string of the molecule is CN(C)C[C@@H]1CCCC[C@]1(O)Cc1cc(F)ccc1F. The van der Waals surface area contributed by atoms with Crippen molar-refractivity contribution in [2.45, 2.75) is 37.7 Å². The Kier molecular flexibility index (Phi) is 4.76. The van der Waals surface area contributed by atoms with Crippen molar-refractivity contribution in [1.29, 1.82) is 0 Å². The number of rotatable bonds is 4. The smallest absolute Gasteiger partial charge is 0.126 e. The van der Waals surface area contributed by atoms with Gasteiger partial charge in [-0.05, 0) is 50.7 Å². The van der Waals surface area contributed by atoms with Crippen molar-refractivity contribution in [2.75, 3.05) is 20.6 Å². The van der Waals surface area contributed by atoms with Crippen molar-refractivity contribution in [2.24, 2.45) is 5.92 Å². The summed E-state index contributed by atoms with van der Waals surface area (Å²) in [7, 11) is 3.94. The van der Waals surface area contributed by atoms with Crippen LogP contribution in [0.5, 0.6) is 0 Å². The molecule has 0 aromatic heterocycles. The molecular weight excluding hydrogens is 260 g/mol. The predicted molar refractivity (Wildman–Crippen MR) is 75.5 cm³/mol. The van der Waals surface area contributed by atoms with E-state index in [1.807, 2.05) is 19.0 Å². The molecule has 2 atom stereocenters. The Labute approximate surface area is 119 Å². The van der Waals surface area contributed by atoms with Gasteiger partial charge in [-0.25, -0.2) is 8.78 Å². The highest BCUT2D eigenvalue weighted by Gasteiger charge is 2.39. The Hall–Kier alpha value is -1.00. The van der Waals surface area contributed by atoms with E-state index in [0.717, 1.165) is 37.9 Å². The molecule has 0 aliphatic heterocycles. The molecular formula is C16H23F2NO. The standard InChI is InChI=1S/C16H23F2NO/c1-19(2)11-13-5-3-4-8-16(13,20)10-12-9-14(17)6-7-15(12)18/h6-7,9,13,20H,3-5,8,10-11H2,1-2H3/t13-,16-/m0/s1. The van der Waals surface area contributed by atoms with Crippen LogP contribution in [-0.2, 0) is 6.42 Å². The topological polar surface area (TPSA) is 23.5 Å². The van der Waals surface area contributed by atoms with Gasteiger partial charge in [-0.2, -0.15) is 0 Å². The van der Waals surface area contributed by atoms with Gasteiger partial charge >= 0.3 is 0 Å². The molecule has 0 amide bonds. The van der Waals surface area contributed by atoms with E-state index in [2.05, 4.69) is 0 Å². The van der Waals surface area contributed by atoms with Crippen molar-refractivity contribution in [3.05, 3.63) is 35.4 Å². The minimum atomic E-state index is -0.933. The lowest BCUT2D eigenvalue weighted by molar-refractivity contribution is -0.0558. The van der Waals surface area contributed by atoms with E-state index in [1.165, 1.54) is 6.07 Å². The molecule has 20 heavy (non-hydrogen) atoms. The first-order valence-corrected chi connectivity index (χ1v) is 7.22. The minimum Gasteiger partial charge on any atom is -0.389 e. The summed E-state index contributed by atoms with van der Waals surface area (Å²) in [6.45, 7) is 0.771. The van der Waals surface area contributed by atoms with Crippen LogP contribution in [0.1, 0.15) is 31.2 Å². The van der Waals surface area contributed by atoms with Gasteiger partial charge in [0.25, 0.3) is 0 Å². The average Bonchev–Trinajstić information content (AvgIpc) is 2.36. The quantitative estimate of drug-likeness (QED) is 0.918. The minimum absolute atomic E-state index is 0.105. The zero-order chi connectivity index (χ0) is 14.8. The molecule has 1 aromatic carbocycles. The molecule has 1 aromatic rings. The first kappa shape index (κ1) is 15.4. The summed E-state index contributed by atoms with van der Waals surface area (Å²) < 4.78 is 27.1. The molecule has 2 rings (SSSR count). The van der Waals surface area contributed by atoms with Crippen molar-refractivity contribution < 1.29 is 13.9 Å². The largest absolute Gasteiger partial charge is 0.389 e. The summed E-state index contributed by atoms with van der Waals surface area (Å²) in [4.78, 5) is 2.04. The first-order valence-electron chi connectivity index (χ1n) is 7.22. The predicted octanol–water partition coefficient (Wildman–Crippen LogP) is 2.99. The number of nitrogens with zero attached hydrogens (tertiary/aromatic N) is 1. The molecule has 0 unspecified atom stereocenters. The summed E-state index contributed by atoms with van der Waals surface area (Å²) in [5.74, 6) is -0.784. The van der Waals surface area contributed by atoms with Gasteiger partial charge in [0.15, 0.2) is 0 Å². The van der Waals surface area contributed by atoms with Crippen LogP contribution in [0, 0.1) is 17.6 Å². The first-order chi connectivity index (χ1) is 9.40. The summed E-state index contributed by atoms with van der Waals surface area (Å²) in [5.41, 5.74) is -0.657. The maximum atomic E-state index is 13.8. The van der Waals surface area contributed by atoms with Crippen LogP contribution < -0.4 is 0 Å². The van der Waals surface area contributed by atoms with Crippen LogP contribution in [0.2, 0.25) is 0 Å². The molecule has 4 heteroatoms. The second kappa shape index (κ2) is 6.19. The zero-order valence-corrected chi connectivity index (χ0v) is 12.2. The Balaban J connectivity index is 2.20. The van der Waals surface area contributed by atoms with Gasteiger partial charge in [0.05, 0.1) is 5.60 Å². The lowest BCUT2D eigenvalue weighted by Crippen LogP contribution is -2.47. The highest BCUT2D eigenvalue weighted by Crippen LogP contribution is 2.37. The number of halogens is 2. The molecule has 1 saturated carbocycles. The lowest BCUT2D eigenvalue weighted by Gasteiger charge is -2.41. The van der Waals surface area contributed by atoms with Crippen LogP contribution in [0.25, 0.3) is 0 Å². The lowest BCUT2D eigenvalue weighted by atomic mass is 9.72. The van der Waals surface area contributed by atoms with Crippen molar-refractivity contribution >= 4 is 0 Å². The number of aliphatic hydroxyl groups is 1. The molecule has 2 nitrogen and oxygen atoms in total. The van der Waals surface area contributed by atoms with E-state index in [9.17, 15) is 13.9 Å². The van der Waals surface area contributed by atoms with Gasteiger partial charge in [0.2, 0.25) is 0 Å². The molecule has 1 fully saturated rings. The van der Waals surface area contributed by atoms with Crippen LogP contribution in [0.15, 0.2) is 18.2 Å². The van der Waals surface area contributed by atoms with E-state index in [-0.39, 0.29) is 17.9 Å². The van der Waals surface area contributed by atoms with Gasteiger partial charge in [0.1, 0.15) is 11.6 Å². The molecule has 0 radical (unpaired) electrons. The molecule has 0 spiro atoms. The summed E-state index contributed by atoms with van der Waals surface area (Å²) in [5, 5.41) is 10.9. The van der Waals surface area contributed by atoms with Crippen molar-refractivity contribution in [1.82, 2.24) is 4.90 Å². The fraction of sp³-hybridized carbons (Fsp3) is 0.625. The Morgan fingerprint density at radius 1 is 1.30 bits per heavy atom. The molecule has 0 heterocycles. The van der Waals surface area contributed by atoms with Crippen LogP contribution >= 0.6 is 0 Å². The zero-order valence-electron chi connectivity index (χ0n) is 12.2. The molecule has 112 valence electrons. The number of hydrogen-bond acceptors (Lipinski definition) is 2. The van der Waals surface area contributed by atoms with E-state index < -0.39 is 17.2 Å². The number of hydrogen-bond donors (Lipinski definition) is 1. The van der Waals surface area contributed by atoms with Gasteiger partial charge in [0, 0.05) is 18.9 Å². The van der Waals surface area contributed by atoms with Crippen LogP contribution in [0.3, 0.4) is 0 Å². The molecule has 0 saturated heterocycles. The normalized spacial score (nSPS) is 27.0. The van der Waals surface area contributed by atoms with Crippen LogP contribution in [0.4, 0.5) is 8.78 Å². The van der Waals surface area contributed by atoms with Gasteiger partial charge < -0.3 is 10.0 Å². The fourth-order valence-electron chi connectivity index (χ4n) is 3.24. The summed E-state index contributed by atoms with van der Waals surface area (Å²) in [6, 6.07) is 3.45. The third-order valence-electron chi connectivity index (χ3n) is 4.26. The summed E-state index contributed by atoms with van der Waals surface area (Å²) >= 11 is 0. The monoisotopic (exact) mass is 283 g/mol. The Morgan fingerprint density at radius 2 is 2.05 bits per heavy atom. The van der Waals surface area contributed by atoms with Crippen molar-refractivity contribution in [3.63, 3.8) is 0 Å². The van der Waals surface area contributed by atoms with Gasteiger partial charge in [-0.15, -0.1) is 0 Å². The third-order valence-corrected chi connectivity index (χ3v) is 4.26. The molecule has 0 bridgehead atoms. The maximum Gasteiger partial charge on any atom is 0.126 e. The Bertz CT molecular complexity index is 464. The van der Waals surface area contributed by atoms with Gasteiger partial charge in [-0.3, -0.25) is 0 Å². The van der Waals surface area contributed by atoms with E-state index in [4.69, 9.17) is 0 Å². The van der Waals surface area contributed by atoms with Crippen LogP contribution in [-0.4, -0.2) is 36.2 Å². The second-order valence-electron chi connectivity index (χ2n) is 6.22. The molecule has 1 aliphatic rings. The number of benzene rings is 1. The third kappa shape index (κ3) is 3.55. The average molecular weight is 283 g/mol. The fourth-order valence-corrected chi connectivity index (χ4v) is 3.24. The second-order valence-corrected chi connectivity index (χ2v) is 6.22. The summed E-state index contributed by atoms with van der Waals surface area (Å²) in [6.07, 6.45) is 3.81. The van der Waals surface area contributed by atoms with E-state index in [0.29, 0.717) is 6.42 Å². The maximum absolute atomic E-state index is 13.8. The van der Waals surface area contributed by atoms with E-state index >= 15 is 0 Å². The van der Waals surface area contributed by atoms with Gasteiger partial charge in [-0.1, -0.05) is 12.8 Å². The Morgan fingerprint density at radius 3 is 2.75 bits per heavy atom. The highest BCUT2D eigenvalue weighted by molar-refractivity contribution is 5.21.